The molecule has 0 fully saturated rings. The molecular weight excluding hydrogens is 142 g/mol. The Labute approximate surface area is 68.0 Å². The van der Waals surface area contributed by atoms with Gasteiger partial charge in [-0.15, -0.1) is 0 Å². The molecule has 0 aliphatic carbocycles. The Morgan fingerprint density at radius 1 is 1.55 bits per heavy atom. The molecule has 66 valence electrons. The molecule has 3 heteroatoms. The van der Waals surface area contributed by atoms with Crippen molar-refractivity contribution in [3.8, 4) is 0 Å². The van der Waals surface area contributed by atoms with Crippen LogP contribution in [0.25, 0.3) is 0 Å². The Morgan fingerprint density at radius 2 is 2.09 bits per heavy atom. The molecule has 1 unspecified atom stereocenters. The van der Waals surface area contributed by atoms with Crippen LogP contribution in [0.15, 0.2) is 11.8 Å². The van der Waals surface area contributed by atoms with Crippen LogP contribution in [-0.2, 0) is 0 Å². The maximum Gasteiger partial charge on any atom is 0.0921 e. The molecule has 0 aliphatic rings. The molecule has 0 aromatic rings. The van der Waals surface area contributed by atoms with Crippen molar-refractivity contribution in [3.63, 3.8) is 0 Å². The zero-order chi connectivity index (χ0) is 8.85. The average Bonchev–Trinajstić information content (AvgIpc) is 1.82. The van der Waals surface area contributed by atoms with Crippen LogP contribution in [0.4, 0.5) is 0 Å². The van der Waals surface area contributed by atoms with Crippen LogP contribution in [0.3, 0.4) is 0 Å². The van der Waals surface area contributed by atoms with E-state index < -0.39 is 6.10 Å². The van der Waals surface area contributed by atoms with E-state index in [0.717, 1.165) is 0 Å². The highest BCUT2D eigenvalue weighted by molar-refractivity contribution is 4.93. The summed E-state index contributed by atoms with van der Waals surface area (Å²) >= 11 is 0. The van der Waals surface area contributed by atoms with Crippen LogP contribution in [-0.4, -0.2) is 41.9 Å². The monoisotopic (exact) mass is 159 g/mol. The van der Waals surface area contributed by atoms with Crippen molar-refractivity contribution in [1.82, 2.24) is 4.90 Å². The predicted molar refractivity (Wildman–Crippen MR) is 45.6 cm³/mol. The van der Waals surface area contributed by atoms with Crippen molar-refractivity contribution >= 4 is 0 Å². The van der Waals surface area contributed by atoms with E-state index in [-0.39, 0.29) is 5.76 Å². The van der Waals surface area contributed by atoms with Gasteiger partial charge in [0, 0.05) is 13.0 Å². The van der Waals surface area contributed by atoms with Crippen molar-refractivity contribution in [1.29, 1.82) is 0 Å². The van der Waals surface area contributed by atoms with E-state index >= 15 is 0 Å². The zero-order valence-electron chi connectivity index (χ0n) is 7.41. The number of rotatable bonds is 4. The molecule has 0 saturated heterocycles. The summed E-state index contributed by atoms with van der Waals surface area (Å²) in [5.74, 6) is 0.258. The number of hydrogen-bond acceptors (Lipinski definition) is 3. The fourth-order valence-corrected chi connectivity index (χ4v) is 0.674. The molecule has 0 aromatic carbocycles. The lowest BCUT2D eigenvalue weighted by Gasteiger charge is -2.06. The van der Waals surface area contributed by atoms with Crippen molar-refractivity contribution in [3.05, 3.63) is 11.8 Å². The molecule has 0 bridgehead atoms. The second kappa shape index (κ2) is 5.16. The summed E-state index contributed by atoms with van der Waals surface area (Å²) in [6.45, 7) is 2.36. The van der Waals surface area contributed by atoms with Gasteiger partial charge >= 0.3 is 0 Å². The first kappa shape index (κ1) is 10.5. The summed E-state index contributed by atoms with van der Waals surface area (Å²) < 4.78 is 0. The molecule has 0 amide bonds. The highest BCUT2D eigenvalue weighted by Crippen LogP contribution is 2.00. The van der Waals surface area contributed by atoms with Gasteiger partial charge in [-0.05, 0) is 27.1 Å². The van der Waals surface area contributed by atoms with Crippen LogP contribution >= 0.6 is 0 Å². The molecule has 0 saturated carbocycles. The lowest BCUT2D eigenvalue weighted by molar-refractivity contribution is 0.176. The van der Waals surface area contributed by atoms with Gasteiger partial charge in [0.15, 0.2) is 0 Å². The van der Waals surface area contributed by atoms with E-state index in [4.69, 9.17) is 10.2 Å². The van der Waals surface area contributed by atoms with Gasteiger partial charge in [0.05, 0.1) is 11.9 Å². The van der Waals surface area contributed by atoms with Crippen LogP contribution in [0.5, 0.6) is 0 Å². The Bertz CT molecular complexity index is 130. The lowest BCUT2D eigenvalue weighted by Crippen LogP contribution is -2.12. The highest BCUT2D eigenvalue weighted by atomic mass is 16.3. The summed E-state index contributed by atoms with van der Waals surface area (Å²) in [6.07, 6.45) is 1.58. The first-order chi connectivity index (χ1) is 5.02. The van der Waals surface area contributed by atoms with Crippen molar-refractivity contribution in [2.24, 2.45) is 0 Å². The van der Waals surface area contributed by atoms with Gasteiger partial charge < -0.3 is 15.1 Å². The topological polar surface area (TPSA) is 43.7 Å². The van der Waals surface area contributed by atoms with Crippen LogP contribution in [0.1, 0.15) is 13.3 Å². The Hall–Kier alpha value is -0.540. The van der Waals surface area contributed by atoms with Gasteiger partial charge in [0.2, 0.25) is 0 Å². The van der Waals surface area contributed by atoms with Gasteiger partial charge in [0.1, 0.15) is 0 Å². The van der Waals surface area contributed by atoms with Crippen molar-refractivity contribution in [2.75, 3.05) is 20.6 Å². The van der Waals surface area contributed by atoms with Gasteiger partial charge in [-0.1, -0.05) is 0 Å². The second-order valence-electron chi connectivity index (χ2n) is 3.01. The maximum absolute atomic E-state index is 9.14. The maximum atomic E-state index is 9.14. The molecule has 0 aliphatic heterocycles. The standard InChI is InChI=1S/C8H17NO2/c1-7(10)6-8(11)4-5-9(2)3/h4,7,10-11H,5-6H2,1-3H3. The minimum atomic E-state index is -0.464. The molecule has 0 aromatic heterocycles. The highest BCUT2D eigenvalue weighted by Gasteiger charge is 1.98. The third-order valence-corrected chi connectivity index (χ3v) is 1.20. The van der Waals surface area contributed by atoms with E-state index in [0.29, 0.717) is 13.0 Å². The van der Waals surface area contributed by atoms with Crippen molar-refractivity contribution < 1.29 is 10.2 Å². The Morgan fingerprint density at radius 3 is 2.45 bits per heavy atom. The SMILES string of the molecule is CC(O)CC(O)=CCN(C)C. The zero-order valence-corrected chi connectivity index (χ0v) is 7.41. The molecule has 0 heterocycles. The van der Waals surface area contributed by atoms with Crippen LogP contribution < -0.4 is 0 Å². The van der Waals surface area contributed by atoms with E-state index in [9.17, 15) is 0 Å². The minimum Gasteiger partial charge on any atom is -0.513 e. The fourth-order valence-electron chi connectivity index (χ4n) is 0.674. The number of hydrogen-bond donors (Lipinski definition) is 2. The predicted octanol–water partition coefficient (Wildman–Crippen LogP) is 0.761. The first-order valence-electron chi connectivity index (χ1n) is 3.73. The third-order valence-electron chi connectivity index (χ3n) is 1.20. The molecule has 0 rings (SSSR count). The number of nitrogens with zero attached hydrogens (tertiary/aromatic N) is 1. The summed E-state index contributed by atoms with van der Waals surface area (Å²) in [4.78, 5) is 1.94. The number of aliphatic hydroxyl groups excluding tert-OH is 2. The van der Waals surface area contributed by atoms with Gasteiger partial charge in [0.25, 0.3) is 0 Å². The first-order valence-corrected chi connectivity index (χ1v) is 3.73. The van der Waals surface area contributed by atoms with E-state index in [1.165, 1.54) is 0 Å². The molecule has 11 heavy (non-hydrogen) atoms. The van der Waals surface area contributed by atoms with E-state index in [1.807, 2.05) is 19.0 Å². The van der Waals surface area contributed by atoms with Crippen molar-refractivity contribution in [2.45, 2.75) is 19.4 Å². The molecule has 1 atom stereocenters. The van der Waals surface area contributed by atoms with Crippen LogP contribution in [0.2, 0.25) is 0 Å². The number of aliphatic hydroxyl groups is 2. The van der Waals surface area contributed by atoms with Crippen LogP contribution in [0, 0.1) is 0 Å². The lowest BCUT2D eigenvalue weighted by atomic mass is 10.2. The average molecular weight is 159 g/mol. The minimum absolute atomic E-state index is 0.258. The summed E-state index contributed by atoms with van der Waals surface area (Å²) in [5.41, 5.74) is 0. The largest absolute Gasteiger partial charge is 0.513 e. The molecule has 2 N–H and O–H groups in total. The Kier molecular flexibility index (Phi) is 4.90. The fraction of sp³-hybridized carbons (Fsp3) is 0.750. The number of likely N-dealkylation sites (N-methyl/N-ethyl adjacent to an activating group) is 1. The van der Waals surface area contributed by atoms with Gasteiger partial charge in [-0.3, -0.25) is 0 Å². The quantitative estimate of drug-likeness (QED) is 0.595. The van der Waals surface area contributed by atoms with Gasteiger partial charge in [-0.25, -0.2) is 0 Å². The molecule has 0 spiro atoms. The summed E-state index contributed by atoms with van der Waals surface area (Å²) in [5, 5.41) is 18.0. The Balaban J connectivity index is 3.63. The molecule has 0 radical (unpaired) electrons. The summed E-state index contributed by atoms with van der Waals surface area (Å²) in [6, 6.07) is 0. The third kappa shape index (κ3) is 7.36. The van der Waals surface area contributed by atoms with E-state index in [2.05, 4.69) is 0 Å². The molecular formula is C8H17NO2. The normalized spacial score (nSPS) is 15.5. The van der Waals surface area contributed by atoms with E-state index in [1.54, 1.807) is 13.0 Å². The molecule has 3 nitrogen and oxygen atoms in total. The second-order valence-corrected chi connectivity index (χ2v) is 3.01. The smallest absolute Gasteiger partial charge is 0.0921 e. The summed E-state index contributed by atoms with van der Waals surface area (Å²) in [7, 11) is 3.85. The van der Waals surface area contributed by atoms with Gasteiger partial charge in [-0.2, -0.15) is 0 Å².